The highest BCUT2D eigenvalue weighted by molar-refractivity contribution is 9.10. The zero-order valence-corrected chi connectivity index (χ0v) is 15.2. The van der Waals surface area contributed by atoms with Crippen molar-refractivity contribution in [1.29, 1.82) is 0 Å². The zero-order chi connectivity index (χ0) is 16.9. The molecule has 122 valence electrons. The molecule has 3 aromatic rings. The smallest absolute Gasteiger partial charge is 0.234 e. The highest BCUT2D eigenvalue weighted by Crippen LogP contribution is 2.24. The maximum atomic E-state index is 12.2. The molecule has 3 rings (SSSR count). The van der Waals surface area contributed by atoms with E-state index in [1.807, 2.05) is 55.5 Å². The number of rotatable bonds is 5. The third-order valence-electron chi connectivity index (χ3n) is 3.17. The van der Waals surface area contributed by atoms with Crippen molar-refractivity contribution in [3.8, 4) is 5.69 Å². The first-order chi connectivity index (χ1) is 11.6. The van der Waals surface area contributed by atoms with Crippen LogP contribution >= 0.6 is 27.7 Å². The van der Waals surface area contributed by atoms with Crippen molar-refractivity contribution in [3.63, 3.8) is 0 Å². The van der Waals surface area contributed by atoms with Gasteiger partial charge in [-0.05, 0) is 63.1 Å². The van der Waals surface area contributed by atoms with Gasteiger partial charge in [-0.3, -0.25) is 4.79 Å². The van der Waals surface area contributed by atoms with Gasteiger partial charge < -0.3 is 5.32 Å². The molecule has 0 bridgehead atoms. The normalized spacial score (nSPS) is 10.6. The molecule has 8 heteroatoms. The number of para-hydroxylation sites is 1. The van der Waals surface area contributed by atoms with E-state index in [4.69, 9.17) is 0 Å². The van der Waals surface area contributed by atoms with Crippen LogP contribution in [0.1, 0.15) is 5.56 Å². The summed E-state index contributed by atoms with van der Waals surface area (Å²) in [5.74, 6) is 0.0974. The molecule has 0 saturated heterocycles. The number of anilines is 1. The van der Waals surface area contributed by atoms with Crippen molar-refractivity contribution in [2.45, 2.75) is 12.1 Å². The van der Waals surface area contributed by atoms with E-state index >= 15 is 0 Å². The lowest BCUT2D eigenvalue weighted by molar-refractivity contribution is -0.113. The Hall–Kier alpha value is -2.19. The topological polar surface area (TPSA) is 72.7 Å². The number of nitrogens with one attached hydrogen (secondary N) is 1. The van der Waals surface area contributed by atoms with Crippen molar-refractivity contribution in [2.75, 3.05) is 11.1 Å². The highest BCUT2D eigenvalue weighted by Gasteiger charge is 2.12. The van der Waals surface area contributed by atoms with Crippen LogP contribution in [0.2, 0.25) is 0 Å². The largest absolute Gasteiger partial charge is 0.324 e. The fraction of sp³-hybridized carbons (Fsp3) is 0.125. The van der Waals surface area contributed by atoms with Crippen LogP contribution in [-0.4, -0.2) is 31.9 Å². The Balaban J connectivity index is 1.64. The minimum atomic E-state index is -0.118. The van der Waals surface area contributed by atoms with E-state index in [0.29, 0.717) is 5.16 Å². The third kappa shape index (κ3) is 4.01. The Labute approximate surface area is 151 Å². The van der Waals surface area contributed by atoms with Crippen LogP contribution in [0.5, 0.6) is 0 Å². The summed E-state index contributed by atoms with van der Waals surface area (Å²) in [6.45, 7) is 2.00. The van der Waals surface area contributed by atoms with Crippen LogP contribution in [0.4, 0.5) is 5.69 Å². The maximum absolute atomic E-state index is 12.2. The van der Waals surface area contributed by atoms with E-state index in [2.05, 4.69) is 36.8 Å². The predicted octanol–water partition coefficient (Wildman–Crippen LogP) is 3.46. The number of benzene rings is 2. The first-order valence-corrected chi connectivity index (χ1v) is 8.94. The van der Waals surface area contributed by atoms with Crippen LogP contribution in [0.15, 0.2) is 58.2 Å². The molecular weight excluding hydrogens is 390 g/mol. The van der Waals surface area contributed by atoms with E-state index in [1.54, 1.807) is 4.68 Å². The van der Waals surface area contributed by atoms with Gasteiger partial charge in [0.25, 0.3) is 0 Å². The summed E-state index contributed by atoms with van der Waals surface area (Å²) in [6, 6.07) is 15.3. The number of aromatic nitrogens is 4. The molecule has 24 heavy (non-hydrogen) atoms. The average molecular weight is 404 g/mol. The van der Waals surface area contributed by atoms with Crippen LogP contribution in [-0.2, 0) is 4.79 Å². The monoisotopic (exact) mass is 403 g/mol. The fourth-order valence-electron chi connectivity index (χ4n) is 2.04. The molecule has 1 amide bonds. The summed E-state index contributed by atoms with van der Waals surface area (Å²) in [6.07, 6.45) is 0. The van der Waals surface area contributed by atoms with Gasteiger partial charge in [0, 0.05) is 4.47 Å². The number of amides is 1. The number of thioether (sulfide) groups is 1. The summed E-state index contributed by atoms with van der Waals surface area (Å²) in [7, 11) is 0. The van der Waals surface area contributed by atoms with Crippen LogP contribution in [0.3, 0.4) is 0 Å². The molecule has 0 unspecified atom stereocenters. The van der Waals surface area contributed by atoms with Gasteiger partial charge in [-0.25, -0.2) is 0 Å². The SMILES string of the molecule is Cc1ccc(NC(=O)CSc2nnnn2-c2ccccc2)c(Br)c1. The molecule has 6 nitrogen and oxygen atoms in total. The molecule has 0 saturated carbocycles. The fourth-order valence-corrected chi connectivity index (χ4v) is 3.32. The Bertz CT molecular complexity index is 853. The predicted molar refractivity (Wildman–Crippen MR) is 97.4 cm³/mol. The molecule has 0 aliphatic carbocycles. The van der Waals surface area contributed by atoms with Crippen LogP contribution in [0.25, 0.3) is 5.69 Å². The first kappa shape index (κ1) is 16.7. The molecular formula is C16H14BrN5OS. The summed E-state index contributed by atoms with van der Waals surface area (Å²) in [5.41, 5.74) is 2.72. The van der Waals surface area contributed by atoms with Crippen molar-refractivity contribution >= 4 is 39.3 Å². The quantitative estimate of drug-likeness (QED) is 0.660. The van der Waals surface area contributed by atoms with Gasteiger partial charge in [0.2, 0.25) is 11.1 Å². The third-order valence-corrected chi connectivity index (χ3v) is 4.75. The van der Waals surface area contributed by atoms with Gasteiger partial charge in [-0.1, -0.05) is 36.0 Å². The summed E-state index contributed by atoms with van der Waals surface area (Å²) >= 11 is 4.73. The number of nitrogens with zero attached hydrogens (tertiary/aromatic N) is 4. The van der Waals surface area contributed by atoms with E-state index in [1.165, 1.54) is 11.8 Å². The summed E-state index contributed by atoms with van der Waals surface area (Å²) < 4.78 is 2.47. The number of hydrogen-bond donors (Lipinski definition) is 1. The minimum absolute atomic E-state index is 0.118. The van der Waals surface area contributed by atoms with E-state index in [0.717, 1.165) is 21.4 Å². The molecule has 0 fully saturated rings. The second-order valence-electron chi connectivity index (χ2n) is 5.03. The lowest BCUT2D eigenvalue weighted by Gasteiger charge is -2.08. The van der Waals surface area contributed by atoms with Gasteiger partial charge in [0.15, 0.2) is 0 Å². The number of carbonyl (C=O) groups is 1. The van der Waals surface area contributed by atoms with Crippen LogP contribution < -0.4 is 5.32 Å². The van der Waals surface area contributed by atoms with E-state index in [-0.39, 0.29) is 11.7 Å². The van der Waals surface area contributed by atoms with Crippen molar-refractivity contribution < 1.29 is 4.79 Å². The van der Waals surface area contributed by atoms with Crippen molar-refractivity contribution in [1.82, 2.24) is 20.2 Å². The van der Waals surface area contributed by atoms with E-state index in [9.17, 15) is 4.79 Å². The Morgan fingerprint density at radius 1 is 1.25 bits per heavy atom. The molecule has 1 heterocycles. The van der Waals surface area contributed by atoms with Crippen molar-refractivity contribution in [2.24, 2.45) is 0 Å². The first-order valence-electron chi connectivity index (χ1n) is 7.16. The summed E-state index contributed by atoms with van der Waals surface area (Å²) in [5, 5.41) is 15.1. The standard InChI is InChI=1S/C16H14BrN5OS/c1-11-7-8-14(13(17)9-11)18-15(23)10-24-16-19-20-21-22(16)12-5-3-2-4-6-12/h2-9H,10H2,1H3,(H,18,23). The lowest BCUT2D eigenvalue weighted by Crippen LogP contribution is -2.15. The summed E-state index contributed by atoms with van der Waals surface area (Å²) in [4.78, 5) is 12.2. The molecule has 0 aliphatic rings. The maximum Gasteiger partial charge on any atom is 0.234 e. The molecule has 1 N–H and O–H groups in total. The van der Waals surface area contributed by atoms with Gasteiger partial charge in [0.1, 0.15) is 0 Å². The second-order valence-corrected chi connectivity index (χ2v) is 6.83. The molecule has 0 aliphatic heterocycles. The molecule has 0 atom stereocenters. The molecule has 1 aromatic heterocycles. The number of hydrogen-bond acceptors (Lipinski definition) is 5. The number of carbonyl (C=O) groups excluding carboxylic acids is 1. The Morgan fingerprint density at radius 3 is 2.79 bits per heavy atom. The molecule has 2 aromatic carbocycles. The van der Waals surface area contributed by atoms with Crippen molar-refractivity contribution in [3.05, 3.63) is 58.6 Å². The van der Waals surface area contributed by atoms with Crippen LogP contribution in [0, 0.1) is 6.92 Å². The number of tetrazole rings is 1. The average Bonchev–Trinajstić information content (AvgIpc) is 3.05. The lowest BCUT2D eigenvalue weighted by atomic mass is 10.2. The highest BCUT2D eigenvalue weighted by atomic mass is 79.9. The van der Waals surface area contributed by atoms with Gasteiger partial charge in [0.05, 0.1) is 17.1 Å². The molecule has 0 radical (unpaired) electrons. The van der Waals surface area contributed by atoms with Gasteiger partial charge in [-0.2, -0.15) is 4.68 Å². The number of halogens is 1. The number of aryl methyl sites for hydroxylation is 1. The minimum Gasteiger partial charge on any atom is -0.324 e. The van der Waals surface area contributed by atoms with Gasteiger partial charge >= 0.3 is 0 Å². The Morgan fingerprint density at radius 2 is 2.04 bits per heavy atom. The second kappa shape index (κ2) is 7.59. The molecule has 0 spiro atoms. The van der Waals surface area contributed by atoms with E-state index < -0.39 is 0 Å². The van der Waals surface area contributed by atoms with Gasteiger partial charge in [-0.15, -0.1) is 5.10 Å². The Kier molecular flexibility index (Phi) is 5.27. The zero-order valence-electron chi connectivity index (χ0n) is 12.8.